The predicted octanol–water partition coefficient (Wildman–Crippen LogP) is 2.45. The van der Waals surface area contributed by atoms with Gasteiger partial charge >= 0.3 is 12.1 Å². The molecule has 0 bridgehead atoms. The average Bonchev–Trinajstić information content (AvgIpc) is 2.28. The number of hydrogen-bond donors (Lipinski definition) is 1. The average molecular weight is 257 g/mol. The van der Waals surface area contributed by atoms with E-state index in [0.717, 1.165) is 6.07 Å². The van der Waals surface area contributed by atoms with Crippen LogP contribution in [0.1, 0.15) is 28.4 Å². The van der Waals surface area contributed by atoms with Gasteiger partial charge in [0, 0.05) is 5.56 Å². The van der Waals surface area contributed by atoms with E-state index >= 15 is 0 Å². The summed E-state index contributed by atoms with van der Waals surface area (Å²) in [5.41, 5.74) is 3.74. The van der Waals surface area contributed by atoms with Crippen LogP contribution in [0.4, 0.5) is 18.9 Å². The standard InChI is InChI=1S/C12H10F3NO2/c1-3-7-5-8(12(13,14)15)6-9(10(7)16)11(17)18-4-2/h1,5-6H,4,16H2,2H3. The number of anilines is 1. The van der Waals surface area contributed by atoms with Gasteiger partial charge in [-0.25, -0.2) is 4.79 Å². The van der Waals surface area contributed by atoms with Crippen LogP contribution < -0.4 is 5.73 Å². The number of nitrogens with two attached hydrogens (primary N) is 1. The summed E-state index contributed by atoms with van der Waals surface area (Å²) < 4.78 is 42.4. The van der Waals surface area contributed by atoms with Crippen LogP contribution in [0.25, 0.3) is 0 Å². The van der Waals surface area contributed by atoms with Gasteiger partial charge in [-0.05, 0) is 19.1 Å². The summed E-state index contributed by atoms with van der Waals surface area (Å²) in [5.74, 6) is 1.08. The van der Waals surface area contributed by atoms with Gasteiger partial charge in [0.15, 0.2) is 0 Å². The lowest BCUT2D eigenvalue weighted by atomic mass is 10.0. The molecule has 3 nitrogen and oxygen atoms in total. The Bertz CT molecular complexity index is 515. The van der Waals surface area contributed by atoms with Crippen molar-refractivity contribution in [3.8, 4) is 12.3 Å². The van der Waals surface area contributed by atoms with E-state index in [1.165, 1.54) is 6.92 Å². The molecule has 2 N–H and O–H groups in total. The minimum absolute atomic E-state index is 0.0277. The number of hydrogen-bond acceptors (Lipinski definition) is 3. The van der Waals surface area contributed by atoms with E-state index < -0.39 is 17.7 Å². The molecule has 0 saturated carbocycles. The molecular weight excluding hydrogens is 247 g/mol. The summed E-state index contributed by atoms with van der Waals surface area (Å²) in [6.45, 7) is 1.56. The topological polar surface area (TPSA) is 52.3 Å². The summed E-state index contributed by atoms with van der Waals surface area (Å²) in [6, 6.07) is 1.35. The molecule has 0 aliphatic carbocycles. The van der Waals surface area contributed by atoms with Crippen LogP contribution in [-0.4, -0.2) is 12.6 Å². The monoisotopic (exact) mass is 257 g/mol. The third kappa shape index (κ3) is 2.74. The second-order valence-corrected chi connectivity index (χ2v) is 3.35. The predicted molar refractivity (Wildman–Crippen MR) is 59.7 cm³/mol. The first kappa shape index (κ1) is 13.9. The fraction of sp³-hybridized carbons (Fsp3) is 0.250. The number of benzene rings is 1. The summed E-state index contributed by atoms with van der Waals surface area (Å²) >= 11 is 0. The van der Waals surface area contributed by atoms with Gasteiger partial charge in [0.25, 0.3) is 0 Å². The largest absolute Gasteiger partial charge is 0.462 e. The lowest BCUT2D eigenvalue weighted by Crippen LogP contribution is -2.13. The first-order valence-electron chi connectivity index (χ1n) is 4.95. The van der Waals surface area contributed by atoms with Gasteiger partial charge in [0.1, 0.15) is 0 Å². The lowest BCUT2D eigenvalue weighted by molar-refractivity contribution is -0.137. The van der Waals surface area contributed by atoms with Gasteiger partial charge in [-0.15, -0.1) is 6.42 Å². The second kappa shape index (κ2) is 5.00. The molecular formula is C12H10F3NO2. The number of carbonyl (C=O) groups excluding carboxylic acids is 1. The molecule has 0 radical (unpaired) electrons. The maximum Gasteiger partial charge on any atom is 0.416 e. The van der Waals surface area contributed by atoms with Crippen LogP contribution in [0.15, 0.2) is 12.1 Å². The number of nitrogen functional groups attached to an aromatic ring is 1. The van der Waals surface area contributed by atoms with E-state index in [-0.39, 0.29) is 23.4 Å². The Kier molecular flexibility index (Phi) is 3.86. The van der Waals surface area contributed by atoms with E-state index in [4.69, 9.17) is 12.2 Å². The van der Waals surface area contributed by atoms with Gasteiger partial charge in [-0.3, -0.25) is 0 Å². The molecule has 0 saturated heterocycles. The summed E-state index contributed by atoms with van der Waals surface area (Å²) in [7, 11) is 0. The Morgan fingerprint density at radius 1 is 1.50 bits per heavy atom. The number of esters is 1. The summed E-state index contributed by atoms with van der Waals surface area (Å²) in [4.78, 5) is 11.5. The highest BCUT2D eigenvalue weighted by Crippen LogP contribution is 2.33. The van der Waals surface area contributed by atoms with Crippen molar-refractivity contribution in [2.75, 3.05) is 12.3 Å². The van der Waals surface area contributed by atoms with Crippen LogP contribution in [0, 0.1) is 12.3 Å². The number of rotatable bonds is 2. The molecule has 0 aromatic heterocycles. The van der Waals surface area contributed by atoms with E-state index in [1.54, 1.807) is 0 Å². The maximum atomic E-state index is 12.6. The van der Waals surface area contributed by atoms with E-state index in [2.05, 4.69) is 4.74 Å². The number of terminal acetylenes is 1. The van der Waals surface area contributed by atoms with Crippen LogP contribution in [0.5, 0.6) is 0 Å². The number of carbonyl (C=O) groups is 1. The van der Waals surface area contributed by atoms with Gasteiger partial charge in [0.2, 0.25) is 0 Å². The smallest absolute Gasteiger partial charge is 0.416 e. The highest BCUT2D eigenvalue weighted by atomic mass is 19.4. The molecule has 0 amide bonds. The fourth-order valence-corrected chi connectivity index (χ4v) is 1.31. The molecule has 1 aromatic rings. The van der Waals surface area contributed by atoms with Crippen LogP contribution >= 0.6 is 0 Å². The zero-order chi connectivity index (χ0) is 13.9. The normalized spacial score (nSPS) is 10.8. The Labute approximate surface area is 102 Å². The molecule has 0 aliphatic heterocycles. The minimum Gasteiger partial charge on any atom is -0.462 e. The van der Waals surface area contributed by atoms with Crippen molar-refractivity contribution in [1.29, 1.82) is 0 Å². The molecule has 96 valence electrons. The SMILES string of the molecule is C#Cc1cc(C(F)(F)F)cc(C(=O)OCC)c1N. The van der Waals surface area contributed by atoms with Crippen molar-refractivity contribution in [3.63, 3.8) is 0 Å². The van der Waals surface area contributed by atoms with Gasteiger partial charge in [-0.2, -0.15) is 13.2 Å². The van der Waals surface area contributed by atoms with Crippen molar-refractivity contribution in [2.24, 2.45) is 0 Å². The van der Waals surface area contributed by atoms with Crippen molar-refractivity contribution < 1.29 is 22.7 Å². The van der Waals surface area contributed by atoms with Crippen molar-refractivity contribution in [1.82, 2.24) is 0 Å². The zero-order valence-electron chi connectivity index (χ0n) is 9.47. The van der Waals surface area contributed by atoms with Crippen molar-refractivity contribution in [3.05, 3.63) is 28.8 Å². The van der Waals surface area contributed by atoms with Gasteiger partial charge < -0.3 is 10.5 Å². The molecule has 0 atom stereocenters. The van der Waals surface area contributed by atoms with Crippen LogP contribution in [-0.2, 0) is 10.9 Å². The van der Waals surface area contributed by atoms with Crippen LogP contribution in [0.3, 0.4) is 0 Å². The molecule has 0 heterocycles. The zero-order valence-corrected chi connectivity index (χ0v) is 9.47. The third-order valence-corrected chi connectivity index (χ3v) is 2.16. The maximum absolute atomic E-state index is 12.6. The van der Waals surface area contributed by atoms with E-state index in [0.29, 0.717) is 6.07 Å². The highest BCUT2D eigenvalue weighted by Gasteiger charge is 2.33. The van der Waals surface area contributed by atoms with Crippen LogP contribution in [0.2, 0.25) is 0 Å². The Balaban J connectivity index is 3.42. The summed E-state index contributed by atoms with van der Waals surface area (Å²) in [5, 5.41) is 0. The first-order chi connectivity index (χ1) is 8.31. The Morgan fingerprint density at radius 3 is 2.56 bits per heavy atom. The molecule has 18 heavy (non-hydrogen) atoms. The minimum atomic E-state index is -4.61. The second-order valence-electron chi connectivity index (χ2n) is 3.35. The first-order valence-corrected chi connectivity index (χ1v) is 4.95. The molecule has 1 aromatic carbocycles. The quantitative estimate of drug-likeness (QED) is 0.503. The third-order valence-electron chi connectivity index (χ3n) is 2.16. The van der Waals surface area contributed by atoms with Crippen molar-refractivity contribution in [2.45, 2.75) is 13.1 Å². The van der Waals surface area contributed by atoms with Gasteiger partial charge in [0.05, 0.1) is 23.4 Å². The summed E-state index contributed by atoms with van der Waals surface area (Å²) in [6.07, 6.45) is 0.446. The van der Waals surface area contributed by atoms with E-state index in [1.807, 2.05) is 5.92 Å². The highest BCUT2D eigenvalue weighted by molar-refractivity contribution is 5.96. The number of alkyl halides is 3. The van der Waals surface area contributed by atoms with E-state index in [9.17, 15) is 18.0 Å². The Hall–Kier alpha value is -2.16. The molecule has 0 aliphatic rings. The molecule has 0 spiro atoms. The Morgan fingerprint density at radius 2 is 2.11 bits per heavy atom. The van der Waals surface area contributed by atoms with Gasteiger partial charge in [-0.1, -0.05) is 5.92 Å². The van der Waals surface area contributed by atoms with Crippen molar-refractivity contribution >= 4 is 11.7 Å². The molecule has 0 unspecified atom stereocenters. The molecule has 1 rings (SSSR count). The molecule has 6 heteroatoms. The number of ether oxygens (including phenoxy) is 1. The fourth-order valence-electron chi connectivity index (χ4n) is 1.31. The lowest BCUT2D eigenvalue weighted by Gasteiger charge is -2.12. The number of halogens is 3. The molecule has 0 fully saturated rings.